The lowest BCUT2D eigenvalue weighted by molar-refractivity contribution is -0.116. The molecule has 0 bridgehead atoms. The van der Waals surface area contributed by atoms with Crippen molar-refractivity contribution in [3.63, 3.8) is 0 Å². The number of carbonyl (C=O) groups is 2. The number of rotatable bonds is 10. The summed E-state index contributed by atoms with van der Waals surface area (Å²) in [6.45, 7) is -0.746. The summed E-state index contributed by atoms with van der Waals surface area (Å²) in [6, 6.07) is 15.1. The number of carbonyl (C=O) groups excluding carboxylic acids is 2. The second-order valence-corrected chi connectivity index (χ2v) is 10.4. The highest BCUT2D eigenvalue weighted by Gasteiger charge is 2.28. The van der Waals surface area contributed by atoms with Gasteiger partial charge in [-0.15, -0.1) is 0 Å². The average molecular weight is 567 g/mol. The highest BCUT2D eigenvalue weighted by atomic mass is 35.5. The number of halogens is 2. The third-order valence-corrected chi connectivity index (χ3v) is 7.79. The molecule has 3 aromatic carbocycles. The van der Waals surface area contributed by atoms with E-state index in [1.165, 1.54) is 51.7 Å². The molecule has 0 saturated carbocycles. The Kier molecular flexibility index (Phi) is 9.39. The number of benzene rings is 3. The van der Waals surface area contributed by atoms with E-state index in [9.17, 15) is 18.0 Å². The summed E-state index contributed by atoms with van der Waals surface area (Å²) in [5.41, 5.74) is 0.569. The predicted molar refractivity (Wildman–Crippen MR) is 140 cm³/mol. The Morgan fingerprint density at radius 2 is 1.54 bits per heavy atom. The fourth-order valence-corrected chi connectivity index (χ4v) is 5.15. The van der Waals surface area contributed by atoms with Gasteiger partial charge in [-0.3, -0.25) is 4.79 Å². The lowest BCUT2D eigenvalue weighted by atomic mass is 10.1. The Labute approximate surface area is 224 Å². The molecule has 1 amide bonds. The van der Waals surface area contributed by atoms with Gasteiger partial charge < -0.3 is 19.5 Å². The van der Waals surface area contributed by atoms with Crippen molar-refractivity contribution in [3.05, 3.63) is 81.8 Å². The van der Waals surface area contributed by atoms with E-state index in [2.05, 4.69) is 5.32 Å². The molecule has 0 aliphatic carbocycles. The molecule has 196 valence electrons. The summed E-state index contributed by atoms with van der Waals surface area (Å²) in [7, 11) is -0.123. The molecule has 37 heavy (non-hydrogen) atoms. The van der Waals surface area contributed by atoms with Crippen LogP contribution in [0.1, 0.15) is 15.9 Å². The fourth-order valence-electron chi connectivity index (χ4n) is 3.42. The van der Waals surface area contributed by atoms with Gasteiger partial charge in [0.1, 0.15) is 0 Å². The van der Waals surface area contributed by atoms with Crippen LogP contribution in [-0.2, 0) is 26.1 Å². The van der Waals surface area contributed by atoms with Crippen LogP contribution in [0.15, 0.2) is 65.6 Å². The first-order valence-electron chi connectivity index (χ1n) is 10.7. The van der Waals surface area contributed by atoms with E-state index in [1.54, 1.807) is 30.3 Å². The monoisotopic (exact) mass is 566 g/mol. The van der Waals surface area contributed by atoms with Gasteiger partial charge in [0.05, 0.1) is 54.1 Å². The maximum absolute atomic E-state index is 13.5. The second kappa shape index (κ2) is 12.3. The highest BCUT2D eigenvalue weighted by molar-refractivity contribution is 7.89. The van der Waals surface area contributed by atoms with Gasteiger partial charge in [0.25, 0.3) is 0 Å². The minimum Gasteiger partial charge on any atom is -0.493 e. The third kappa shape index (κ3) is 6.72. The van der Waals surface area contributed by atoms with Gasteiger partial charge in [-0.1, -0.05) is 47.5 Å². The largest absolute Gasteiger partial charge is 0.493 e. The first kappa shape index (κ1) is 28.3. The van der Waals surface area contributed by atoms with E-state index in [4.69, 9.17) is 37.4 Å². The van der Waals surface area contributed by atoms with Gasteiger partial charge in [0.15, 0.2) is 11.5 Å². The lowest BCUT2D eigenvalue weighted by Gasteiger charge is -2.23. The maximum Gasteiger partial charge on any atom is 0.340 e. The van der Waals surface area contributed by atoms with Crippen LogP contribution in [0.5, 0.6) is 11.5 Å². The molecule has 3 rings (SSSR count). The molecule has 0 radical (unpaired) electrons. The van der Waals surface area contributed by atoms with Crippen molar-refractivity contribution in [1.82, 2.24) is 4.31 Å². The Hall–Kier alpha value is -3.31. The van der Waals surface area contributed by atoms with Crippen molar-refractivity contribution in [2.75, 3.05) is 33.2 Å². The number of amides is 1. The highest BCUT2D eigenvalue weighted by Crippen LogP contribution is 2.34. The standard InChI is InChI=1S/C25H24Cl2N2O7S/c1-34-22-12-18(25(31)36-3)21(13-23(22)35-2)28-24(30)15-29(14-16-9-10-19(26)20(27)11-16)37(32,33)17-7-5-4-6-8-17/h4-13H,14-15H2,1-3H3,(H,28,30). The van der Waals surface area contributed by atoms with Crippen LogP contribution >= 0.6 is 23.2 Å². The molecule has 0 fully saturated rings. The minimum absolute atomic E-state index is 0.00391. The van der Waals surface area contributed by atoms with Crippen LogP contribution in [-0.4, -0.2) is 52.5 Å². The molecule has 0 atom stereocenters. The topological polar surface area (TPSA) is 111 Å². The Balaban J connectivity index is 1.97. The Bertz CT molecular complexity index is 1400. The number of nitrogens with one attached hydrogen (secondary N) is 1. The SMILES string of the molecule is COC(=O)c1cc(OC)c(OC)cc1NC(=O)CN(Cc1ccc(Cl)c(Cl)c1)S(=O)(=O)c1ccccc1. The summed E-state index contributed by atoms with van der Waals surface area (Å²) < 4.78 is 43.2. The number of nitrogens with zero attached hydrogens (tertiary/aromatic N) is 1. The zero-order chi connectivity index (χ0) is 27.2. The van der Waals surface area contributed by atoms with Gasteiger partial charge >= 0.3 is 5.97 Å². The smallest absolute Gasteiger partial charge is 0.340 e. The lowest BCUT2D eigenvalue weighted by Crippen LogP contribution is -2.37. The van der Waals surface area contributed by atoms with Crippen molar-refractivity contribution in [2.45, 2.75) is 11.4 Å². The Morgan fingerprint density at radius 3 is 2.14 bits per heavy atom. The van der Waals surface area contributed by atoms with Gasteiger partial charge in [0, 0.05) is 18.7 Å². The number of anilines is 1. The van der Waals surface area contributed by atoms with E-state index in [0.29, 0.717) is 10.6 Å². The normalized spacial score (nSPS) is 11.2. The van der Waals surface area contributed by atoms with E-state index in [1.807, 2.05) is 0 Å². The molecular weight excluding hydrogens is 543 g/mol. The third-order valence-electron chi connectivity index (χ3n) is 5.25. The summed E-state index contributed by atoms with van der Waals surface area (Å²) in [5.74, 6) is -0.957. The number of sulfonamides is 1. The van der Waals surface area contributed by atoms with E-state index in [0.717, 1.165) is 4.31 Å². The van der Waals surface area contributed by atoms with E-state index < -0.39 is 28.4 Å². The molecule has 0 spiro atoms. The van der Waals surface area contributed by atoms with Gasteiger partial charge in [-0.2, -0.15) is 4.31 Å². The number of hydrogen-bond acceptors (Lipinski definition) is 7. The number of esters is 1. The van der Waals surface area contributed by atoms with Crippen LogP contribution in [0.2, 0.25) is 10.0 Å². The second-order valence-electron chi connectivity index (χ2n) is 7.63. The van der Waals surface area contributed by atoms with E-state index >= 15 is 0 Å². The first-order valence-corrected chi connectivity index (χ1v) is 12.9. The zero-order valence-electron chi connectivity index (χ0n) is 20.2. The van der Waals surface area contributed by atoms with Crippen molar-refractivity contribution in [3.8, 4) is 11.5 Å². The molecule has 0 aliphatic heterocycles. The van der Waals surface area contributed by atoms with Crippen LogP contribution in [0.4, 0.5) is 5.69 Å². The van der Waals surface area contributed by atoms with Gasteiger partial charge in [0.2, 0.25) is 15.9 Å². The molecule has 3 aromatic rings. The van der Waals surface area contributed by atoms with Crippen molar-refractivity contribution >= 4 is 50.8 Å². The van der Waals surface area contributed by atoms with Crippen LogP contribution in [0.3, 0.4) is 0 Å². The molecule has 0 aromatic heterocycles. The number of ether oxygens (including phenoxy) is 3. The molecule has 0 aliphatic rings. The van der Waals surface area contributed by atoms with Crippen molar-refractivity contribution < 1.29 is 32.2 Å². The van der Waals surface area contributed by atoms with Gasteiger partial charge in [-0.25, -0.2) is 13.2 Å². The Morgan fingerprint density at radius 1 is 0.892 bits per heavy atom. The summed E-state index contributed by atoms with van der Waals surface area (Å²) in [4.78, 5) is 25.5. The average Bonchev–Trinajstić information content (AvgIpc) is 2.90. The predicted octanol–water partition coefficient (Wildman–Crippen LogP) is 4.63. The maximum atomic E-state index is 13.5. The minimum atomic E-state index is -4.10. The molecule has 0 heterocycles. The molecule has 1 N–H and O–H groups in total. The van der Waals surface area contributed by atoms with Crippen LogP contribution < -0.4 is 14.8 Å². The van der Waals surface area contributed by atoms with Crippen LogP contribution in [0, 0.1) is 0 Å². The van der Waals surface area contributed by atoms with E-state index in [-0.39, 0.29) is 39.2 Å². The van der Waals surface area contributed by atoms with Crippen molar-refractivity contribution in [1.29, 1.82) is 0 Å². The van der Waals surface area contributed by atoms with Gasteiger partial charge in [-0.05, 0) is 29.8 Å². The molecule has 9 nitrogen and oxygen atoms in total. The zero-order valence-corrected chi connectivity index (χ0v) is 22.5. The number of hydrogen-bond donors (Lipinski definition) is 1. The molecular formula is C25H24Cl2N2O7S. The fraction of sp³-hybridized carbons (Fsp3) is 0.200. The summed E-state index contributed by atoms with van der Waals surface area (Å²) in [5, 5.41) is 3.14. The first-order chi connectivity index (χ1) is 17.6. The number of methoxy groups -OCH3 is 3. The summed E-state index contributed by atoms with van der Waals surface area (Å²) >= 11 is 12.1. The van der Waals surface area contributed by atoms with Crippen molar-refractivity contribution in [2.24, 2.45) is 0 Å². The molecule has 0 saturated heterocycles. The summed E-state index contributed by atoms with van der Waals surface area (Å²) in [6.07, 6.45) is 0. The molecule has 0 unspecified atom stereocenters. The molecule has 12 heteroatoms. The van der Waals surface area contributed by atoms with Crippen LogP contribution in [0.25, 0.3) is 0 Å². The quantitative estimate of drug-likeness (QED) is 0.356.